The van der Waals surface area contributed by atoms with Crippen molar-refractivity contribution in [2.24, 2.45) is 22.7 Å². The summed E-state index contributed by atoms with van der Waals surface area (Å²) in [5.74, 6) is -6.67. The first kappa shape index (κ1) is 20.5. The Morgan fingerprint density at radius 2 is 1.63 bits per heavy atom. The second-order valence-electron chi connectivity index (χ2n) is 8.17. The van der Waals surface area contributed by atoms with Crippen LogP contribution in [0, 0.1) is 22.7 Å². The van der Waals surface area contributed by atoms with Gasteiger partial charge in [0.1, 0.15) is 0 Å². The topological polar surface area (TPSA) is 104 Å². The Hall–Kier alpha value is -1.23. The van der Waals surface area contributed by atoms with Crippen molar-refractivity contribution >= 4 is 23.0 Å². The Morgan fingerprint density at radius 3 is 2.11 bits per heavy atom. The molecule has 6 nitrogen and oxygen atoms in total. The molecule has 0 amide bonds. The van der Waals surface area contributed by atoms with Crippen LogP contribution in [-0.2, 0) is 25.4 Å². The molecule has 1 N–H and O–H groups in total. The molecule has 4 saturated carbocycles. The van der Waals surface area contributed by atoms with Crippen LogP contribution in [0.2, 0.25) is 0 Å². The van der Waals surface area contributed by atoms with Gasteiger partial charge in [0.15, 0.2) is 0 Å². The lowest BCUT2D eigenvalue weighted by Crippen LogP contribution is -2.58. The largest absolute Gasteiger partial charge is 0.768 e. The summed E-state index contributed by atoms with van der Waals surface area (Å²) in [7, 11) is 0. The van der Waals surface area contributed by atoms with E-state index in [-0.39, 0.29) is 18.3 Å². The van der Waals surface area contributed by atoms with Gasteiger partial charge in [-0.1, -0.05) is 0 Å². The third-order valence-electron chi connectivity index (χ3n) is 6.23. The quantitative estimate of drug-likeness (QED) is 0.390. The molecule has 3 atom stereocenters. The second kappa shape index (κ2) is 6.40. The number of carbonyl (C=O) groups is 2. The summed E-state index contributed by atoms with van der Waals surface area (Å²) in [6.45, 7) is -1.07. The van der Waals surface area contributed by atoms with Crippen LogP contribution in [0.5, 0.6) is 0 Å². The van der Waals surface area contributed by atoms with Crippen LogP contribution in [0.4, 0.5) is 17.6 Å². The van der Waals surface area contributed by atoms with Crippen LogP contribution >= 0.6 is 0 Å². The Balaban J connectivity index is 1.67. The maximum absolute atomic E-state index is 13.4. The van der Waals surface area contributed by atoms with Gasteiger partial charge in [0.2, 0.25) is 0 Å². The molecule has 4 rings (SSSR count). The molecule has 0 aromatic carbocycles. The maximum Gasteiger partial charge on any atom is 0.371 e. The number of ether oxygens (including phenoxy) is 1. The van der Waals surface area contributed by atoms with E-state index in [9.17, 15) is 41.0 Å². The van der Waals surface area contributed by atoms with E-state index in [0.717, 1.165) is 6.42 Å². The van der Waals surface area contributed by atoms with E-state index in [1.54, 1.807) is 0 Å². The molecule has 3 unspecified atom stereocenters. The summed E-state index contributed by atoms with van der Waals surface area (Å²) >= 11 is -4.32. The number of carboxylic acid groups (broad SMARTS) is 1. The number of halogens is 4. The zero-order valence-electron chi connectivity index (χ0n) is 14.2. The van der Waals surface area contributed by atoms with Crippen molar-refractivity contribution in [2.45, 2.75) is 56.1 Å². The second-order valence-corrected chi connectivity index (χ2v) is 9.15. The van der Waals surface area contributed by atoms with Crippen LogP contribution in [-0.4, -0.2) is 43.6 Å². The monoisotopic (exact) mass is 415 g/mol. The lowest BCUT2D eigenvalue weighted by Gasteiger charge is -2.59. The summed E-state index contributed by atoms with van der Waals surface area (Å²) in [6, 6.07) is 0. The van der Waals surface area contributed by atoms with Gasteiger partial charge in [0.05, 0.1) is 23.9 Å². The molecular weight excluding hydrogens is 396 g/mol. The molecule has 4 fully saturated rings. The smallest absolute Gasteiger partial charge is 0.371 e. The van der Waals surface area contributed by atoms with E-state index in [1.165, 1.54) is 0 Å². The summed E-state index contributed by atoms with van der Waals surface area (Å²) in [5.41, 5.74) is -2.12. The predicted octanol–water partition coefficient (Wildman–Crippen LogP) is 2.70. The Kier molecular flexibility index (Phi) is 4.86. The molecule has 0 heterocycles. The molecule has 4 aliphatic rings. The van der Waals surface area contributed by atoms with E-state index >= 15 is 0 Å². The maximum atomic E-state index is 13.4. The van der Waals surface area contributed by atoms with Crippen molar-refractivity contribution in [3.05, 3.63) is 0 Å². The SMILES string of the molecule is O=C(O)C12CC3CC(C1)CC(C(=O)OCCC(F)(F)C(F)(F)S(=O)[O-])(C3)C2. The van der Waals surface area contributed by atoms with E-state index < -0.39 is 58.1 Å². The Morgan fingerprint density at radius 1 is 1.11 bits per heavy atom. The fraction of sp³-hybridized carbons (Fsp3) is 0.875. The van der Waals surface area contributed by atoms with Gasteiger partial charge in [-0.3, -0.25) is 13.8 Å². The first-order valence-corrected chi connectivity index (χ1v) is 9.67. The third kappa shape index (κ3) is 3.26. The van der Waals surface area contributed by atoms with Gasteiger partial charge in [0.25, 0.3) is 0 Å². The first-order chi connectivity index (χ1) is 12.3. The third-order valence-corrected chi connectivity index (χ3v) is 6.95. The first-order valence-electron chi connectivity index (χ1n) is 8.59. The van der Waals surface area contributed by atoms with Crippen molar-refractivity contribution in [1.29, 1.82) is 0 Å². The summed E-state index contributed by atoms with van der Waals surface area (Å²) in [6.07, 6.45) is 0.943. The van der Waals surface area contributed by atoms with E-state index in [1.807, 2.05) is 0 Å². The van der Waals surface area contributed by atoms with Gasteiger partial charge in [-0.25, -0.2) is 0 Å². The molecule has 0 aromatic heterocycles. The van der Waals surface area contributed by atoms with Crippen LogP contribution in [0.3, 0.4) is 0 Å². The molecule has 4 aliphatic carbocycles. The number of hydrogen-bond acceptors (Lipinski definition) is 5. The molecule has 0 radical (unpaired) electrons. The lowest BCUT2D eigenvalue weighted by molar-refractivity contribution is -0.195. The lowest BCUT2D eigenvalue weighted by atomic mass is 9.44. The average molecular weight is 415 g/mol. The van der Waals surface area contributed by atoms with Crippen LogP contribution in [0.15, 0.2) is 0 Å². The zero-order valence-corrected chi connectivity index (χ0v) is 15.0. The highest BCUT2D eigenvalue weighted by Crippen LogP contribution is 2.65. The molecule has 27 heavy (non-hydrogen) atoms. The Labute approximate surface area is 154 Å². The van der Waals surface area contributed by atoms with Gasteiger partial charge < -0.3 is 14.4 Å². The number of carboxylic acids is 1. The zero-order chi connectivity index (χ0) is 20.3. The van der Waals surface area contributed by atoms with Gasteiger partial charge in [-0.2, -0.15) is 17.6 Å². The number of carbonyl (C=O) groups excluding carboxylic acids is 1. The van der Waals surface area contributed by atoms with Gasteiger partial charge in [-0.15, -0.1) is 0 Å². The Bertz CT molecular complexity index is 668. The van der Waals surface area contributed by atoms with Crippen molar-refractivity contribution in [3.8, 4) is 0 Å². The van der Waals surface area contributed by atoms with Crippen LogP contribution in [0.25, 0.3) is 0 Å². The number of hydrogen-bond donors (Lipinski definition) is 1. The predicted molar refractivity (Wildman–Crippen MR) is 81.6 cm³/mol. The fourth-order valence-electron chi connectivity index (χ4n) is 5.44. The minimum absolute atomic E-state index is 0.0311. The number of aliphatic carboxylic acids is 1. The molecule has 4 bridgehead atoms. The van der Waals surface area contributed by atoms with Crippen molar-refractivity contribution < 1.29 is 45.8 Å². The van der Waals surface area contributed by atoms with E-state index in [0.29, 0.717) is 25.7 Å². The van der Waals surface area contributed by atoms with Gasteiger partial charge in [-0.05, 0) is 50.4 Å². The summed E-state index contributed by atoms with van der Waals surface area (Å²) in [5, 5.41) is 4.34. The molecule has 0 aromatic rings. The minimum atomic E-state index is -5.27. The van der Waals surface area contributed by atoms with Gasteiger partial charge >= 0.3 is 23.1 Å². The normalized spacial score (nSPS) is 36.5. The summed E-state index contributed by atoms with van der Waals surface area (Å²) in [4.78, 5) is 24.3. The molecule has 0 spiro atoms. The molecule has 154 valence electrons. The highest BCUT2D eigenvalue weighted by atomic mass is 32.2. The number of esters is 1. The summed E-state index contributed by atoms with van der Waals surface area (Å²) < 4.78 is 78.3. The standard InChI is InChI=1S/C16H20F4O6S/c17-15(18,16(19,20)27(24)25)1-2-26-12(23)14-6-9-3-10(7-14)5-13(4-9,8-14)11(21)22/h9-10H,1-8H2,(H,21,22)(H,24,25)/p-1. The molecule has 0 aliphatic heterocycles. The number of rotatable bonds is 7. The average Bonchev–Trinajstić information content (AvgIpc) is 2.52. The van der Waals surface area contributed by atoms with Crippen LogP contribution < -0.4 is 0 Å². The fourth-order valence-corrected chi connectivity index (χ4v) is 5.79. The minimum Gasteiger partial charge on any atom is -0.768 e. The van der Waals surface area contributed by atoms with E-state index in [4.69, 9.17) is 4.74 Å². The highest BCUT2D eigenvalue weighted by molar-refractivity contribution is 7.80. The van der Waals surface area contributed by atoms with E-state index in [2.05, 4.69) is 0 Å². The van der Waals surface area contributed by atoms with Crippen molar-refractivity contribution in [1.82, 2.24) is 0 Å². The van der Waals surface area contributed by atoms with Crippen LogP contribution in [0.1, 0.15) is 44.9 Å². The molecular formula is C16H19F4O6S-. The van der Waals surface area contributed by atoms with Crippen molar-refractivity contribution in [3.63, 3.8) is 0 Å². The molecule has 0 saturated heterocycles. The molecule has 11 heteroatoms. The number of alkyl halides is 4. The van der Waals surface area contributed by atoms with Gasteiger partial charge in [0, 0.05) is 11.1 Å². The highest BCUT2D eigenvalue weighted by Gasteiger charge is 2.64. The van der Waals surface area contributed by atoms with Crippen molar-refractivity contribution in [2.75, 3.05) is 6.61 Å².